The summed E-state index contributed by atoms with van der Waals surface area (Å²) >= 11 is 0. The number of imidazole rings is 1. The van der Waals surface area contributed by atoms with Gasteiger partial charge >= 0.3 is 5.97 Å². The molecule has 5 aromatic rings. The first kappa shape index (κ1) is 34.2. The van der Waals surface area contributed by atoms with Crippen LogP contribution in [0.1, 0.15) is 33.0 Å². The number of carbonyl (C=O) groups is 2. The number of anilines is 4. The Morgan fingerprint density at radius 3 is 2.37 bits per heavy atom. The van der Waals surface area contributed by atoms with Crippen LogP contribution in [0.2, 0.25) is 0 Å². The smallest absolute Gasteiger partial charge is 0.326 e. The van der Waals surface area contributed by atoms with Gasteiger partial charge in [0.1, 0.15) is 11.9 Å². The van der Waals surface area contributed by atoms with Gasteiger partial charge < -0.3 is 35.6 Å². The van der Waals surface area contributed by atoms with E-state index in [0.717, 1.165) is 17.0 Å². The predicted molar refractivity (Wildman–Crippen MR) is 185 cm³/mol. The van der Waals surface area contributed by atoms with E-state index in [0.29, 0.717) is 50.5 Å². The highest BCUT2D eigenvalue weighted by atomic mass is 16.4. The van der Waals surface area contributed by atoms with Crippen molar-refractivity contribution in [2.75, 3.05) is 42.1 Å². The summed E-state index contributed by atoms with van der Waals surface area (Å²) in [7, 11) is 1.87. The second-order valence-corrected chi connectivity index (χ2v) is 11.8. The summed E-state index contributed by atoms with van der Waals surface area (Å²) in [5, 5.41) is 38.4. The van der Waals surface area contributed by atoms with Gasteiger partial charge in [0.05, 0.1) is 18.2 Å². The number of nitrogens with zero attached hydrogens (tertiary/aromatic N) is 10. The quantitative estimate of drug-likeness (QED) is 0.120. The fraction of sp³-hybridized carbons (Fsp3) is 0.265. The number of nitrogens with one attached hydrogen (secondary N) is 3. The molecule has 17 nitrogen and oxygen atoms in total. The van der Waals surface area contributed by atoms with Crippen LogP contribution in [-0.4, -0.2) is 98.6 Å². The Bertz CT molecular complexity index is 2040. The standard InChI is InChI=1S/C34H35N13O4/c1-45-12-11-36-27(45)20-39-32-42-33(44-34(43-32)41-26(31(50)51)18-22-5-7-23(19-35)8-6-22)40-25-4-2-3-24(17-25)21-46-13-15-47(16-14-46)30(49)28-29(48)38-10-9-37-28/h2-12,17,26H,13-16,18,20-21H2,1H3,(H,38,48)(H,50,51)(H3,39,40,41,42,43,44)/t26-/m0/s1. The molecule has 5 N–H and O–H groups in total. The highest BCUT2D eigenvalue weighted by molar-refractivity contribution is 5.94. The lowest BCUT2D eigenvalue weighted by atomic mass is 10.0. The second kappa shape index (κ2) is 15.7. The molecule has 1 aliphatic heterocycles. The monoisotopic (exact) mass is 689 g/mol. The van der Waals surface area contributed by atoms with Gasteiger partial charge in [0.25, 0.3) is 5.91 Å². The average molecular weight is 690 g/mol. The number of amides is 1. The van der Waals surface area contributed by atoms with Crippen molar-refractivity contribution < 1.29 is 19.8 Å². The Morgan fingerprint density at radius 2 is 1.67 bits per heavy atom. The van der Waals surface area contributed by atoms with Crippen LogP contribution >= 0.6 is 0 Å². The number of carboxylic acid groups (broad SMARTS) is 1. The number of aromatic hydroxyl groups is 1. The molecule has 1 fully saturated rings. The largest absolute Gasteiger partial charge is 0.492 e. The zero-order chi connectivity index (χ0) is 35.7. The fourth-order valence-corrected chi connectivity index (χ4v) is 5.48. The number of benzene rings is 2. The van der Waals surface area contributed by atoms with E-state index >= 15 is 0 Å². The predicted octanol–water partition coefficient (Wildman–Crippen LogP) is 2.39. The molecule has 260 valence electrons. The lowest BCUT2D eigenvalue weighted by Crippen LogP contribution is -2.48. The maximum absolute atomic E-state index is 12.8. The topological polar surface area (TPSA) is 223 Å². The van der Waals surface area contributed by atoms with Crippen LogP contribution in [-0.2, 0) is 31.4 Å². The molecule has 1 aliphatic rings. The van der Waals surface area contributed by atoms with Crippen LogP contribution in [0.4, 0.5) is 23.5 Å². The Labute approximate surface area is 292 Å². The normalized spacial score (nSPS) is 13.6. The van der Waals surface area contributed by atoms with Crippen LogP contribution in [0.3, 0.4) is 0 Å². The molecule has 1 amide bonds. The van der Waals surface area contributed by atoms with Gasteiger partial charge in [-0.1, -0.05) is 24.3 Å². The van der Waals surface area contributed by atoms with Crippen LogP contribution in [0.15, 0.2) is 73.3 Å². The number of aryl methyl sites for hydroxylation is 1. The Balaban J connectivity index is 1.15. The summed E-state index contributed by atoms with van der Waals surface area (Å²) < 4.78 is 1.86. The third-order valence-corrected chi connectivity index (χ3v) is 8.22. The number of hydrogen-bond donors (Lipinski definition) is 5. The molecule has 51 heavy (non-hydrogen) atoms. The minimum atomic E-state index is -1.10. The fourth-order valence-electron chi connectivity index (χ4n) is 5.48. The number of aliphatic carboxylic acids is 1. The first-order chi connectivity index (χ1) is 24.7. The molecular weight excluding hydrogens is 654 g/mol. The maximum atomic E-state index is 12.8. The van der Waals surface area contributed by atoms with Gasteiger partial charge in [-0.2, -0.15) is 20.2 Å². The molecule has 3 aromatic heterocycles. The van der Waals surface area contributed by atoms with E-state index in [1.165, 1.54) is 12.4 Å². The van der Waals surface area contributed by atoms with Crippen molar-refractivity contribution in [3.05, 3.63) is 102 Å². The van der Waals surface area contributed by atoms with E-state index in [9.17, 15) is 19.8 Å². The molecule has 17 heteroatoms. The first-order valence-electron chi connectivity index (χ1n) is 16.1. The van der Waals surface area contributed by atoms with Crippen molar-refractivity contribution >= 4 is 35.4 Å². The highest BCUT2D eigenvalue weighted by Crippen LogP contribution is 2.21. The van der Waals surface area contributed by atoms with Crippen molar-refractivity contribution in [3.8, 4) is 11.9 Å². The van der Waals surface area contributed by atoms with Crippen molar-refractivity contribution in [2.45, 2.75) is 25.6 Å². The number of piperazine rings is 1. The third-order valence-electron chi connectivity index (χ3n) is 8.22. The van der Waals surface area contributed by atoms with Crippen molar-refractivity contribution in [3.63, 3.8) is 0 Å². The molecule has 0 unspecified atom stereocenters. The summed E-state index contributed by atoms with van der Waals surface area (Å²) in [6.45, 7) is 3.16. The summed E-state index contributed by atoms with van der Waals surface area (Å²) in [6, 6.07) is 15.5. The molecule has 0 aliphatic carbocycles. The number of rotatable bonds is 13. The van der Waals surface area contributed by atoms with Gasteiger partial charge in [-0.3, -0.25) is 9.69 Å². The summed E-state index contributed by atoms with van der Waals surface area (Å²) in [5.74, 6) is -0.636. The van der Waals surface area contributed by atoms with E-state index in [-0.39, 0.29) is 41.7 Å². The molecule has 0 spiro atoms. The number of carboxylic acids is 1. The summed E-state index contributed by atoms with van der Waals surface area (Å²) in [4.78, 5) is 54.5. The van der Waals surface area contributed by atoms with Crippen LogP contribution in [0.25, 0.3) is 0 Å². The van der Waals surface area contributed by atoms with E-state index in [4.69, 9.17) is 5.26 Å². The molecule has 2 aromatic carbocycles. The van der Waals surface area contributed by atoms with Gasteiger partial charge in [0.2, 0.25) is 23.7 Å². The Hall–Kier alpha value is -6.67. The van der Waals surface area contributed by atoms with Crippen molar-refractivity contribution in [1.82, 2.24) is 44.3 Å². The molecule has 0 saturated carbocycles. The maximum Gasteiger partial charge on any atom is 0.326 e. The van der Waals surface area contributed by atoms with Gasteiger partial charge in [0, 0.05) is 76.7 Å². The molecule has 0 radical (unpaired) electrons. The molecule has 0 bridgehead atoms. The Morgan fingerprint density at radius 1 is 0.922 bits per heavy atom. The molecular formula is C34H35N13O4. The molecule has 4 heterocycles. The first-order valence-corrected chi connectivity index (χ1v) is 16.1. The van der Waals surface area contributed by atoms with Crippen LogP contribution < -0.4 is 16.0 Å². The average Bonchev–Trinajstić information content (AvgIpc) is 3.55. The number of hydrogen-bond acceptors (Lipinski definition) is 14. The summed E-state index contributed by atoms with van der Waals surface area (Å²) in [6.07, 6.45) is 6.34. The number of aromatic nitrogens is 7. The van der Waals surface area contributed by atoms with E-state index < -0.39 is 12.0 Å². The number of carbonyl (C=O) groups excluding carboxylic acids is 1. The lowest BCUT2D eigenvalue weighted by molar-refractivity contribution is -0.137. The highest BCUT2D eigenvalue weighted by Gasteiger charge is 2.26. The van der Waals surface area contributed by atoms with E-state index in [2.05, 4.69) is 56.8 Å². The molecule has 1 atom stereocenters. The minimum absolute atomic E-state index is 0.0502. The zero-order valence-corrected chi connectivity index (χ0v) is 27.6. The Kier molecular flexibility index (Phi) is 10.5. The molecule has 1 saturated heterocycles. The van der Waals surface area contributed by atoms with Gasteiger partial charge in [0.15, 0.2) is 5.69 Å². The summed E-state index contributed by atoms with van der Waals surface area (Å²) in [5.41, 5.74) is 2.87. The van der Waals surface area contributed by atoms with Crippen molar-refractivity contribution in [2.24, 2.45) is 7.05 Å². The molecule has 6 rings (SSSR count). The number of nitriles is 1. The van der Waals surface area contributed by atoms with Gasteiger partial charge in [-0.05, 0) is 35.4 Å². The van der Waals surface area contributed by atoms with Crippen molar-refractivity contribution in [1.29, 1.82) is 5.26 Å². The van der Waals surface area contributed by atoms with Crippen LogP contribution in [0.5, 0.6) is 5.88 Å². The zero-order valence-electron chi connectivity index (χ0n) is 27.6. The second-order valence-electron chi connectivity index (χ2n) is 11.8. The minimum Gasteiger partial charge on any atom is -0.492 e. The SMILES string of the molecule is Cn1ccnc1CNc1nc(Nc2cccc(CN3CCN(C(=O)c4nccnc4O)CC3)c2)nc(N[C@@H](Cc2ccc(C#N)cc2)C(=O)O)n1. The van der Waals surface area contributed by atoms with Gasteiger partial charge in [-0.25, -0.2) is 19.7 Å². The lowest BCUT2D eigenvalue weighted by Gasteiger charge is -2.34. The van der Waals surface area contributed by atoms with Gasteiger partial charge in [-0.15, -0.1) is 0 Å². The van der Waals surface area contributed by atoms with E-state index in [1.54, 1.807) is 35.4 Å². The van der Waals surface area contributed by atoms with Crippen LogP contribution in [0, 0.1) is 11.3 Å². The van der Waals surface area contributed by atoms with E-state index in [1.807, 2.05) is 42.1 Å². The third kappa shape index (κ3) is 8.87.